The summed E-state index contributed by atoms with van der Waals surface area (Å²) in [5, 5.41) is 16.2. The quantitative estimate of drug-likeness (QED) is 0.849. The van der Waals surface area contributed by atoms with E-state index < -0.39 is 5.97 Å². The van der Waals surface area contributed by atoms with Gasteiger partial charge in [-0.25, -0.2) is 4.79 Å². The molecule has 100 valence electrons. The van der Waals surface area contributed by atoms with Crippen LogP contribution in [0.15, 0.2) is 6.20 Å². The molecule has 1 aliphatic heterocycles. The lowest BCUT2D eigenvalue weighted by Gasteiger charge is -2.32. The largest absolute Gasteiger partial charge is 0.476 e. The molecular weight excluding hydrogens is 232 g/mol. The third-order valence-corrected chi connectivity index (χ3v) is 3.58. The molecule has 2 rings (SSSR count). The van der Waals surface area contributed by atoms with E-state index in [0.29, 0.717) is 6.54 Å². The van der Waals surface area contributed by atoms with E-state index >= 15 is 0 Å². The van der Waals surface area contributed by atoms with Gasteiger partial charge in [-0.15, -0.1) is 5.10 Å². The molecule has 0 aliphatic carbocycles. The Labute approximate surface area is 107 Å². The number of aromatic nitrogens is 3. The van der Waals surface area contributed by atoms with E-state index in [0.717, 1.165) is 25.6 Å². The Morgan fingerprint density at radius 3 is 3.06 bits per heavy atom. The zero-order chi connectivity index (χ0) is 13.0. The molecule has 0 spiro atoms. The minimum Gasteiger partial charge on any atom is -0.476 e. The van der Waals surface area contributed by atoms with Crippen molar-refractivity contribution in [3.63, 3.8) is 0 Å². The van der Waals surface area contributed by atoms with Crippen molar-refractivity contribution in [2.75, 3.05) is 19.6 Å². The lowest BCUT2D eigenvalue weighted by atomic mass is 9.96. The van der Waals surface area contributed by atoms with Crippen LogP contribution in [-0.4, -0.2) is 50.6 Å². The average Bonchev–Trinajstić information content (AvgIpc) is 2.85. The van der Waals surface area contributed by atoms with Gasteiger partial charge in [-0.2, -0.15) is 0 Å². The molecule has 1 aliphatic rings. The van der Waals surface area contributed by atoms with Crippen LogP contribution in [0.1, 0.15) is 36.7 Å². The van der Waals surface area contributed by atoms with Gasteiger partial charge >= 0.3 is 5.97 Å². The second-order valence-electron chi connectivity index (χ2n) is 4.89. The van der Waals surface area contributed by atoms with Crippen LogP contribution < -0.4 is 0 Å². The van der Waals surface area contributed by atoms with Crippen molar-refractivity contribution < 1.29 is 9.90 Å². The number of hydrogen-bond donors (Lipinski definition) is 1. The molecule has 0 bridgehead atoms. The first-order valence-electron chi connectivity index (χ1n) is 6.54. The molecule has 2 heterocycles. The number of nitrogens with zero attached hydrogens (tertiary/aromatic N) is 4. The minimum absolute atomic E-state index is 0.0140. The standard InChI is InChI=1S/C12H20N4O2/c1-2-10-4-3-5-15(8-10)6-7-16-9-11(12(17)18)13-14-16/h9-10H,2-8H2,1H3,(H,17,18). The Balaban J connectivity index is 1.81. The van der Waals surface area contributed by atoms with Gasteiger partial charge in [0, 0.05) is 13.1 Å². The normalized spacial score (nSPS) is 21.1. The van der Waals surface area contributed by atoms with Gasteiger partial charge in [-0.1, -0.05) is 18.6 Å². The monoisotopic (exact) mass is 252 g/mol. The highest BCUT2D eigenvalue weighted by molar-refractivity contribution is 5.84. The van der Waals surface area contributed by atoms with E-state index in [1.807, 2.05) is 0 Å². The lowest BCUT2D eigenvalue weighted by Crippen LogP contribution is -2.37. The van der Waals surface area contributed by atoms with E-state index in [1.54, 1.807) is 4.68 Å². The molecule has 1 N–H and O–H groups in total. The molecule has 1 fully saturated rings. The maximum atomic E-state index is 10.7. The summed E-state index contributed by atoms with van der Waals surface area (Å²) < 4.78 is 1.61. The van der Waals surface area contributed by atoms with Crippen molar-refractivity contribution >= 4 is 5.97 Å². The van der Waals surface area contributed by atoms with Gasteiger partial charge in [0.05, 0.1) is 12.7 Å². The van der Waals surface area contributed by atoms with Gasteiger partial charge in [-0.3, -0.25) is 4.68 Å². The fourth-order valence-electron chi connectivity index (χ4n) is 2.44. The maximum absolute atomic E-state index is 10.7. The summed E-state index contributed by atoms with van der Waals surface area (Å²) in [7, 11) is 0. The molecule has 1 saturated heterocycles. The minimum atomic E-state index is -1.02. The van der Waals surface area contributed by atoms with Crippen molar-refractivity contribution in [3.05, 3.63) is 11.9 Å². The number of carboxylic acids is 1. The fraction of sp³-hybridized carbons (Fsp3) is 0.750. The molecule has 6 heteroatoms. The van der Waals surface area contributed by atoms with E-state index in [2.05, 4.69) is 22.1 Å². The first-order valence-corrected chi connectivity index (χ1v) is 6.54. The Bertz CT molecular complexity index is 405. The molecule has 1 aromatic heterocycles. The van der Waals surface area contributed by atoms with E-state index in [-0.39, 0.29) is 5.69 Å². The van der Waals surface area contributed by atoms with Gasteiger partial charge < -0.3 is 10.0 Å². The highest BCUT2D eigenvalue weighted by Crippen LogP contribution is 2.18. The smallest absolute Gasteiger partial charge is 0.358 e. The third-order valence-electron chi connectivity index (χ3n) is 3.58. The van der Waals surface area contributed by atoms with E-state index in [4.69, 9.17) is 5.11 Å². The number of carbonyl (C=O) groups is 1. The van der Waals surface area contributed by atoms with E-state index in [9.17, 15) is 4.79 Å². The van der Waals surface area contributed by atoms with Crippen LogP contribution in [0.3, 0.4) is 0 Å². The predicted molar refractivity (Wildman–Crippen MR) is 66.4 cm³/mol. The Kier molecular flexibility index (Phi) is 4.30. The zero-order valence-electron chi connectivity index (χ0n) is 10.7. The van der Waals surface area contributed by atoms with Crippen molar-refractivity contribution in [2.45, 2.75) is 32.7 Å². The molecule has 0 radical (unpaired) electrons. The second kappa shape index (κ2) is 5.95. The molecule has 1 atom stereocenters. The molecule has 0 amide bonds. The molecule has 18 heavy (non-hydrogen) atoms. The summed E-state index contributed by atoms with van der Waals surface area (Å²) >= 11 is 0. The summed E-state index contributed by atoms with van der Waals surface area (Å²) in [5.41, 5.74) is 0.0140. The van der Waals surface area contributed by atoms with Crippen LogP contribution in [0, 0.1) is 5.92 Å². The number of carboxylic acid groups (broad SMARTS) is 1. The summed E-state index contributed by atoms with van der Waals surface area (Å²) in [6.07, 6.45) is 5.32. The van der Waals surface area contributed by atoms with Gasteiger partial charge in [0.15, 0.2) is 5.69 Å². The number of aromatic carboxylic acids is 1. The molecular formula is C12H20N4O2. The van der Waals surface area contributed by atoms with Crippen molar-refractivity contribution in [1.29, 1.82) is 0 Å². The SMILES string of the molecule is CCC1CCCN(CCn2cc(C(=O)O)nn2)C1. The second-order valence-corrected chi connectivity index (χ2v) is 4.89. The Hall–Kier alpha value is -1.43. The van der Waals surface area contributed by atoms with Crippen molar-refractivity contribution in [3.8, 4) is 0 Å². The first kappa shape index (κ1) is 13.0. The average molecular weight is 252 g/mol. The van der Waals surface area contributed by atoms with Crippen LogP contribution >= 0.6 is 0 Å². The van der Waals surface area contributed by atoms with Gasteiger partial charge in [0.25, 0.3) is 0 Å². The van der Waals surface area contributed by atoms with Crippen LogP contribution in [-0.2, 0) is 6.54 Å². The molecule has 1 aromatic rings. The maximum Gasteiger partial charge on any atom is 0.358 e. The summed E-state index contributed by atoms with van der Waals surface area (Å²) in [4.78, 5) is 13.1. The third kappa shape index (κ3) is 3.29. The van der Waals surface area contributed by atoms with Crippen LogP contribution in [0.4, 0.5) is 0 Å². The number of piperidine rings is 1. The molecule has 6 nitrogen and oxygen atoms in total. The topological polar surface area (TPSA) is 71.2 Å². The summed E-state index contributed by atoms with van der Waals surface area (Å²) in [6.45, 7) is 6.15. The highest BCUT2D eigenvalue weighted by Gasteiger charge is 2.18. The summed E-state index contributed by atoms with van der Waals surface area (Å²) in [5.74, 6) is -0.214. The van der Waals surface area contributed by atoms with Crippen LogP contribution in [0.25, 0.3) is 0 Å². The zero-order valence-corrected chi connectivity index (χ0v) is 10.7. The Morgan fingerprint density at radius 1 is 1.56 bits per heavy atom. The predicted octanol–water partition coefficient (Wildman–Crippen LogP) is 1.10. The number of hydrogen-bond acceptors (Lipinski definition) is 4. The van der Waals surface area contributed by atoms with E-state index in [1.165, 1.54) is 25.5 Å². The molecule has 0 aromatic carbocycles. The Morgan fingerprint density at radius 2 is 2.39 bits per heavy atom. The van der Waals surface area contributed by atoms with Crippen LogP contribution in [0.2, 0.25) is 0 Å². The lowest BCUT2D eigenvalue weighted by molar-refractivity contribution is 0.0690. The molecule has 0 saturated carbocycles. The highest BCUT2D eigenvalue weighted by atomic mass is 16.4. The van der Waals surface area contributed by atoms with Gasteiger partial charge in [-0.05, 0) is 25.3 Å². The van der Waals surface area contributed by atoms with Crippen molar-refractivity contribution in [2.24, 2.45) is 5.92 Å². The van der Waals surface area contributed by atoms with Gasteiger partial charge in [0.2, 0.25) is 0 Å². The fourth-order valence-corrected chi connectivity index (χ4v) is 2.44. The number of likely N-dealkylation sites (tertiary alicyclic amines) is 1. The van der Waals surface area contributed by atoms with Gasteiger partial charge in [0.1, 0.15) is 0 Å². The molecule has 1 unspecified atom stereocenters. The number of rotatable bonds is 5. The summed E-state index contributed by atoms with van der Waals surface area (Å²) in [6, 6.07) is 0. The van der Waals surface area contributed by atoms with Crippen LogP contribution in [0.5, 0.6) is 0 Å². The first-order chi connectivity index (χ1) is 8.69. The van der Waals surface area contributed by atoms with Crippen molar-refractivity contribution in [1.82, 2.24) is 19.9 Å².